The van der Waals surface area contributed by atoms with Gasteiger partial charge in [-0.25, -0.2) is 0 Å². The van der Waals surface area contributed by atoms with E-state index in [0.717, 1.165) is 39.1 Å². The molecule has 2 unspecified atom stereocenters. The molecular weight excluding hydrogens is 412 g/mol. The first-order valence-electron chi connectivity index (χ1n) is 7.90. The summed E-state index contributed by atoms with van der Waals surface area (Å²) in [5.41, 5.74) is 1.23. The number of rotatable bonds is 8. The van der Waals surface area contributed by atoms with E-state index in [2.05, 4.69) is 44.0 Å². The second-order valence-corrected chi connectivity index (χ2v) is 9.65. The summed E-state index contributed by atoms with van der Waals surface area (Å²) in [7, 11) is 0. The molecule has 3 nitrogen and oxygen atoms in total. The lowest BCUT2D eigenvalue weighted by Gasteiger charge is -2.08. The zero-order valence-electron chi connectivity index (χ0n) is 12.5. The molecule has 1 aliphatic carbocycles. The minimum absolute atomic E-state index is 0.00591. The highest BCUT2D eigenvalue weighted by molar-refractivity contribution is 9.25. The van der Waals surface area contributed by atoms with Crippen LogP contribution in [0.15, 0.2) is 30.3 Å². The van der Waals surface area contributed by atoms with E-state index < -0.39 is 0 Å². The first-order chi connectivity index (χ1) is 10.7. The third-order valence-electron chi connectivity index (χ3n) is 4.45. The molecule has 1 aromatic rings. The molecule has 2 fully saturated rings. The fourth-order valence-corrected chi connectivity index (χ4v) is 5.04. The lowest BCUT2D eigenvalue weighted by molar-refractivity contribution is -0.0487. The summed E-state index contributed by atoms with van der Waals surface area (Å²) in [6.07, 6.45) is 3.17. The molecule has 0 radical (unpaired) electrons. The highest BCUT2D eigenvalue weighted by Crippen LogP contribution is 2.65. The predicted molar refractivity (Wildman–Crippen MR) is 93.2 cm³/mol. The summed E-state index contributed by atoms with van der Waals surface area (Å²) < 4.78 is 16.9. The van der Waals surface area contributed by atoms with Crippen molar-refractivity contribution in [1.82, 2.24) is 0 Å². The van der Waals surface area contributed by atoms with Gasteiger partial charge in [-0.15, -0.1) is 0 Å². The molecule has 2 atom stereocenters. The Labute approximate surface area is 149 Å². The Morgan fingerprint density at radius 2 is 1.68 bits per heavy atom. The van der Waals surface area contributed by atoms with Crippen LogP contribution in [0, 0.1) is 11.8 Å². The molecule has 122 valence electrons. The molecular formula is C17H22Br2O3. The molecule has 0 N–H and O–H groups in total. The van der Waals surface area contributed by atoms with Gasteiger partial charge in [-0.3, -0.25) is 0 Å². The summed E-state index contributed by atoms with van der Waals surface area (Å²) in [6.45, 7) is 2.96. The molecule has 5 heteroatoms. The number of benzene rings is 1. The van der Waals surface area contributed by atoms with E-state index in [4.69, 9.17) is 14.2 Å². The zero-order valence-corrected chi connectivity index (χ0v) is 15.7. The van der Waals surface area contributed by atoms with Gasteiger partial charge in [-0.2, -0.15) is 0 Å². The van der Waals surface area contributed by atoms with Crippen LogP contribution in [0.2, 0.25) is 0 Å². The first kappa shape index (κ1) is 16.9. The van der Waals surface area contributed by atoms with Crippen molar-refractivity contribution in [3.63, 3.8) is 0 Å². The van der Waals surface area contributed by atoms with Crippen molar-refractivity contribution in [2.75, 3.05) is 19.8 Å². The molecule has 0 aromatic heterocycles. The largest absolute Gasteiger partial charge is 0.377 e. The van der Waals surface area contributed by atoms with Gasteiger partial charge in [0.05, 0.1) is 23.1 Å². The Balaban J connectivity index is 1.33. The Hall–Kier alpha value is 0.0600. The fraction of sp³-hybridized carbons (Fsp3) is 0.647. The van der Waals surface area contributed by atoms with Gasteiger partial charge in [-0.1, -0.05) is 62.2 Å². The van der Waals surface area contributed by atoms with Gasteiger partial charge in [-0.05, 0) is 36.7 Å². The van der Waals surface area contributed by atoms with Crippen LogP contribution in [0.3, 0.4) is 0 Å². The van der Waals surface area contributed by atoms with E-state index in [1.165, 1.54) is 5.56 Å². The van der Waals surface area contributed by atoms with Crippen LogP contribution in [0.1, 0.15) is 24.8 Å². The van der Waals surface area contributed by atoms with Crippen molar-refractivity contribution in [3.05, 3.63) is 35.9 Å². The van der Waals surface area contributed by atoms with Crippen molar-refractivity contribution < 1.29 is 14.2 Å². The topological polar surface area (TPSA) is 27.7 Å². The van der Waals surface area contributed by atoms with Crippen LogP contribution >= 0.6 is 31.9 Å². The highest BCUT2D eigenvalue weighted by atomic mass is 79.9. The first-order valence-corrected chi connectivity index (χ1v) is 9.49. The summed E-state index contributed by atoms with van der Waals surface area (Å²) in [6, 6.07) is 10.3. The predicted octanol–water partition coefficient (Wildman–Crippen LogP) is 4.48. The maximum atomic E-state index is 5.80. The molecule has 1 saturated carbocycles. The van der Waals surface area contributed by atoms with E-state index in [0.29, 0.717) is 18.4 Å². The quantitative estimate of drug-likeness (QED) is 0.446. The van der Waals surface area contributed by atoms with Gasteiger partial charge in [0, 0.05) is 6.61 Å². The van der Waals surface area contributed by atoms with Gasteiger partial charge >= 0.3 is 0 Å². The standard InChI is InChI=1S/C17H22Br2O3/c18-17(19)14(6-7-16-21-10-11-22-16)15(17)8-9-20-12-13-4-2-1-3-5-13/h1-5,14-16H,6-12H2. The number of ether oxygens (including phenoxy) is 3. The third-order valence-corrected chi connectivity index (χ3v) is 6.81. The zero-order chi connectivity index (χ0) is 15.4. The Bertz CT molecular complexity index is 460. The minimum Gasteiger partial charge on any atom is -0.377 e. The summed E-state index contributed by atoms with van der Waals surface area (Å²) in [5.74, 6) is 1.24. The lowest BCUT2D eigenvalue weighted by Crippen LogP contribution is -2.08. The minimum atomic E-state index is 0.00591. The maximum Gasteiger partial charge on any atom is 0.157 e. The third kappa shape index (κ3) is 4.32. The van der Waals surface area contributed by atoms with E-state index in [1.807, 2.05) is 18.2 Å². The normalized spacial score (nSPS) is 27.2. The Morgan fingerprint density at radius 3 is 2.41 bits per heavy atom. The lowest BCUT2D eigenvalue weighted by atomic mass is 10.1. The molecule has 3 rings (SSSR count). The maximum absolute atomic E-state index is 5.80. The molecule has 0 spiro atoms. The summed E-state index contributed by atoms with van der Waals surface area (Å²) in [5, 5.41) is 0. The number of hydrogen-bond acceptors (Lipinski definition) is 3. The molecule has 0 bridgehead atoms. The smallest absolute Gasteiger partial charge is 0.157 e. The van der Waals surface area contributed by atoms with Crippen molar-refractivity contribution in [2.45, 2.75) is 35.4 Å². The SMILES string of the molecule is BrC1(Br)C(CCOCc2ccccc2)C1CCC1OCCO1. The number of alkyl halides is 2. The van der Waals surface area contributed by atoms with Crippen LogP contribution in [0.5, 0.6) is 0 Å². The van der Waals surface area contributed by atoms with Gasteiger partial charge in [0.25, 0.3) is 0 Å². The van der Waals surface area contributed by atoms with Gasteiger partial charge in [0.2, 0.25) is 0 Å². The average molecular weight is 434 g/mol. The van der Waals surface area contributed by atoms with Crippen molar-refractivity contribution in [2.24, 2.45) is 11.8 Å². The van der Waals surface area contributed by atoms with Crippen LogP contribution in [-0.4, -0.2) is 29.3 Å². The molecule has 1 heterocycles. The Kier molecular flexibility index (Phi) is 5.96. The van der Waals surface area contributed by atoms with Gasteiger partial charge in [0.15, 0.2) is 6.29 Å². The van der Waals surface area contributed by atoms with Crippen LogP contribution in [-0.2, 0) is 20.8 Å². The van der Waals surface area contributed by atoms with E-state index in [-0.39, 0.29) is 9.52 Å². The Morgan fingerprint density at radius 1 is 1.00 bits per heavy atom. The second-order valence-electron chi connectivity index (χ2n) is 5.96. The molecule has 1 saturated heterocycles. The molecule has 22 heavy (non-hydrogen) atoms. The highest BCUT2D eigenvalue weighted by Gasteiger charge is 2.60. The molecule has 2 aliphatic rings. The van der Waals surface area contributed by atoms with Crippen molar-refractivity contribution in [1.29, 1.82) is 0 Å². The average Bonchev–Trinajstić information content (AvgIpc) is 2.89. The van der Waals surface area contributed by atoms with E-state index in [9.17, 15) is 0 Å². The molecule has 1 aromatic carbocycles. The van der Waals surface area contributed by atoms with Crippen molar-refractivity contribution >= 4 is 31.9 Å². The summed E-state index contributed by atoms with van der Waals surface area (Å²) in [4.78, 5) is 0. The fourth-order valence-electron chi connectivity index (χ4n) is 3.11. The number of hydrogen-bond donors (Lipinski definition) is 0. The van der Waals surface area contributed by atoms with E-state index in [1.54, 1.807) is 0 Å². The van der Waals surface area contributed by atoms with Crippen LogP contribution in [0.4, 0.5) is 0 Å². The number of halogens is 2. The van der Waals surface area contributed by atoms with Gasteiger partial charge < -0.3 is 14.2 Å². The van der Waals surface area contributed by atoms with Crippen molar-refractivity contribution in [3.8, 4) is 0 Å². The molecule has 1 aliphatic heterocycles. The second kappa shape index (κ2) is 7.75. The van der Waals surface area contributed by atoms with E-state index >= 15 is 0 Å². The summed E-state index contributed by atoms with van der Waals surface area (Å²) >= 11 is 7.61. The monoisotopic (exact) mass is 432 g/mol. The van der Waals surface area contributed by atoms with Gasteiger partial charge in [0.1, 0.15) is 0 Å². The molecule has 0 amide bonds. The van der Waals surface area contributed by atoms with Crippen LogP contribution in [0.25, 0.3) is 0 Å². The van der Waals surface area contributed by atoms with Crippen LogP contribution < -0.4 is 0 Å².